The van der Waals surface area contributed by atoms with Crippen molar-refractivity contribution in [3.05, 3.63) is 35.4 Å². The Hall–Kier alpha value is -2.17. The van der Waals surface area contributed by atoms with Crippen molar-refractivity contribution in [2.75, 3.05) is 6.54 Å². The smallest absolute Gasteiger partial charge is 0.307 e. The second-order valence-electron chi connectivity index (χ2n) is 6.97. The normalized spacial score (nSPS) is 32.3. The van der Waals surface area contributed by atoms with E-state index >= 15 is 0 Å². The van der Waals surface area contributed by atoms with Crippen LogP contribution in [0.5, 0.6) is 0 Å². The van der Waals surface area contributed by atoms with Gasteiger partial charge in [0, 0.05) is 6.54 Å². The maximum absolute atomic E-state index is 12.5. The Morgan fingerprint density at radius 2 is 1.52 bits per heavy atom. The molecule has 1 heterocycles. The van der Waals surface area contributed by atoms with Crippen LogP contribution >= 0.6 is 0 Å². The van der Waals surface area contributed by atoms with Gasteiger partial charge in [-0.1, -0.05) is 12.1 Å². The van der Waals surface area contributed by atoms with Gasteiger partial charge in [-0.15, -0.1) is 0 Å². The molecule has 1 aromatic carbocycles. The fourth-order valence-corrected chi connectivity index (χ4v) is 4.84. The molecule has 120 valence electrons. The number of hydrogen-bond donors (Lipinski definition) is 1. The van der Waals surface area contributed by atoms with Crippen LogP contribution < -0.4 is 0 Å². The van der Waals surface area contributed by atoms with Crippen molar-refractivity contribution in [3.63, 3.8) is 0 Å². The number of rotatable bonds is 3. The van der Waals surface area contributed by atoms with Crippen molar-refractivity contribution in [1.29, 1.82) is 0 Å². The van der Waals surface area contributed by atoms with Gasteiger partial charge in [-0.3, -0.25) is 19.3 Å². The number of fused-ring (bicyclic) bond motifs is 4. The van der Waals surface area contributed by atoms with Crippen LogP contribution in [0.25, 0.3) is 0 Å². The fourth-order valence-electron chi connectivity index (χ4n) is 4.84. The number of carboxylic acids is 1. The first kappa shape index (κ1) is 14.4. The van der Waals surface area contributed by atoms with Crippen molar-refractivity contribution in [2.24, 2.45) is 23.7 Å². The third-order valence-electron chi connectivity index (χ3n) is 5.95. The van der Waals surface area contributed by atoms with Crippen molar-refractivity contribution >= 4 is 17.8 Å². The Morgan fingerprint density at radius 3 is 2.04 bits per heavy atom. The summed E-state index contributed by atoms with van der Waals surface area (Å²) in [6.07, 6.45) is 3.95. The SMILES string of the molecule is O=C(O)C1C2CCC(CC2)C1CN1C(=O)c2ccccc2C1=O. The molecule has 0 spiro atoms. The summed E-state index contributed by atoms with van der Waals surface area (Å²) in [4.78, 5) is 38.0. The topological polar surface area (TPSA) is 74.7 Å². The van der Waals surface area contributed by atoms with Gasteiger partial charge in [0.2, 0.25) is 0 Å². The molecule has 2 bridgehead atoms. The van der Waals surface area contributed by atoms with E-state index in [4.69, 9.17) is 0 Å². The first-order valence-corrected chi connectivity index (χ1v) is 8.26. The highest BCUT2D eigenvalue weighted by Crippen LogP contribution is 2.49. The summed E-state index contributed by atoms with van der Waals surface area (Å²) in [7, 11) is 0. The highest BCUT2D eigenvalue weighted by molar-refractivity contribution is 6.21. The lowest BCUT2D eigenvalue weighted by Gasteiger charge is -2.47. The minimum atomic E-state index is -0.777. The van der Waals surface area contributed by atoms with Crippen molar-refractivity contribution in [1.82, 2.24) is 4.90 Å². The molecule has 23 heavy (non-hydrogen) atoms. The third-order valence-corrected chi connectivity index (χ3v) is 5.95. The summed E-state index contributed by atoms with van der Waals surface area (Å²) in [6.45, 7) is 0.241. The van der Waals surface area contributed by atoms with E-state index in [9.17, 15) is 19.5 Å². The number of aliphatic carboxylic acids is 1. The number of amides is 2. The van der Waals surface area contributed by atoms with Gasteiger partial charge in [-0.2, -0.15) is 0 Å². The van der Waals surface area contributed by atoms with Gasteiger partial charge in [-0.05, 0) is 55.6 Å². The van der Waals surface area contributed by atoms with Crippen LogP contribution in [0.4, 0.5) is 0 Å². The van der Waals surface area contributed by atoms with Crippen molar-refractivity contribution in [3.8, 4) is 0 Å². The molecule has 5 heteroatoms. The Labute approximate surface area is 134 Å². The molecule has 4 aliphatic rings. The number of carboxylic acid groups (broad SMARTS) is 1. The first-order chi connectivity index (χ1) is 11.1. The lowest BCUT2D eigenvalue weighted by molar-refractivity contribution is -0.152. The van der Waals surface area contributed by atoms with E-state index in [-0.39, 0.29) is 30.2 Å². The second kappa shape index (κ2) is 5.18. The van der Waals surface area contributed by atoms with Crippen LogP contribution in [0.1, 0.15) is 46.4 Å². The zero-order valence-corrected chi connectivity index (χ0v) is 12.8. The summed E-state index contributed by atoms with van der Waals surface area (Å²) in [5.41, 5.74) is 0.871. The highest BCUT2D eigenvalue weighted by Gasteiger charge is 2.49. The van der Waals surface area contributed by atoms with Gasteiger partial charge < -0.3 is 5.11 Å². The maximum Gasteiger partial charge on any atom is 0.307 e. The number of carbonyl (C=O) groups is 3. The van der Waals surface area contributed by atoms with E-state index in [0.29, 0.717) is 17.0 Å². The first-order valence-electron chi connectivity index (χ1n) is 8.26. The molecule has 0 saturated heterocycles. The van der Waals surface area contributed by atoms with E-state index in [0.717, 1.165) is 25.7 Å². The molecule has 5 rings (SSSR count). The molecule has 2 atom stereocenters. The highest BCUT2D eigenvalue weighted by atomic mass is 16.4. The Kier molecular flexibility index (Phi) is 3.25. The molecule has 3 aliphatic carbocycles. The molecule has 2 amide bonds. The van der Waals surface area contributed by atoms with Gasteiger partial charge in [0.05, 0.1) is 17.0 Å². The van der Waals surface area contributed by atoms with Crippen molar-refractivity contribution < 1.29 is 19.5 Å². The molecular formula is C18H19NO4. The molecule has 0 aromatic heterocycles. The number of imide groups is 1. The van der Waals surface area contributed by atoms with E-state index in [1.807, 2.05) is 0 Å². The molecule has 1 aromatic rings. The summed E-state index contributed by atoms with van der Waals surface area (Å²) >= 11 is 0. The molecule has 5 nitrogen and oxygen atoms in total. The Morgan fingerprint density at radius 1 is 1.00 bits per heavy atom. The number of nitrogens with zero attached hydrogens (tertiary/aromatic N) is 1. The standard InChI is InChI=1S/C18H19NO4/c20-16-12-3-1-2-4-13(12)17(21)19(16)9-14-10-5-7-11(8-6-10)15(14)18(22)23/h1-4,10-11,14-15H,5-9H2,(H,22,23). The third kappa shape index (κ3) is 2.10. The summed E-state index contributed by atoms with van der Waals surface area (Å²) in [5, 5.41) is 9.62. The molecular weight excluding hydrogens is 294 g/mol. The Balaban J connectivity index is 1.62. The average molecular weight is 313 g/mol. The van der Waals surface area contributed by atoms with E-state index in [1.165, 1.54) is 4.90 Å². The van der Waals surface area contributed by atoms with E-state index in [2.05, 4.69) is 0 Å². The fraction of sp³-hybridized carbons (Fsp3) is 0.500. The van der Waals surface area contributed by atoms with Gasteiger partial charge in [0.1, 0.15) is 0 Å². The molecule has 2 unspecified atom stereocenters. The van der Waals surface area contributed by atoms with Crippen LogP contribution in [0.15, 0.2) is 24.3 Å². The van der Waals surface area contributed by atoms with Gasteiger partial charge >= 0.3 is 5.97 Å². The molecule has 1 aliphatic heterocycles. The minimum absolute atomic E-state index is 0.109. The summed E-state index contributed by atoms with van der Waals surface area (Å²) in [5.74, 6) is -1.37. The largest absolute Gasteiger partial charge is 0.481 e. The Bertz CT molecular complexity index is 655. The van der Waals surface area contributed by atoms with E-state index in [1.54, 1.807) is 24.3 Å². The molecule has 1 N–H and O–H groups in total. The predicted molar refractivity (Wildman–Crippen MR) is 81.9 cm³/mol. The van der Waals surface area contributed by atoms with Gasteiger partial charge in [0.15, 0.2) is 0 Å². The summed E-state index contributed by atoms with van der Waals surface area (Å²) < 4.78 is 0. The number of hydrogen-bond acceptors (Lipinski definition) is 3. The van der Waals surface area contributed by atoms with Crippen LogP contribution in [0.3, 0.4) is 0 Å². The zero-order chi connectivity index (χ0) is 16.1. The van der Waals surface area contributed by atoms with Gasteiger partial charge in [0.25, 0.3) is 11.8 Å². The minimum Gasteiger partial charge on any atom is -0.481 e. The molecule has 0 radical (unpaired) electrons. The zero-order valence-electron chi connectivity index (χ0n) is 12.8. The second-order valence-corrected chi connectivity index (χ2v) is 6.97. The lowest BCUT2D eigenvalue weighted by atomic mass is 9.58. The average Bonchev–Trinajstić information content (AvgIpc) is 2.81. The van der Waals surface area contributed by atoms with Crippen LogP contribution in [-0.4, -0.2) is 34.3 Å². The monoisotopic (exact) mass is 313 g/mol. The predicted octanol–water partition coefficient (Wildman–Crippen LogP) is 2.42. The maximum atomic E-state index is 12.5. The summed E-state index contributed by atoms with van der Waals surface area (Å²) in [6, 6.07) is 6.82. The van der Waals surface area contributed by atoms with E-state index < -0.39 is 11.9 Å². The van der Waals surface area contributed by atoms with Gasteiger partial charge in [-0.25, -0.2) is 0 Å². The number of carbonyl (C=O) groups excluding carboxylic acids is 2. The molecule has 3 fully saturated rings. The van der Waals surface area contributed by atoms with Crippen molar-refractivity contribution in [2.45, 2.75) is 25.7 Å². The number of benzene rings is 1. The molecule has 3 saturated carbocycles. The van der Waals surface area contributed by atoms with Crippen LogP contribution in [0, 0.1) is 23.7 Å². The van der Waals surface area contributed by atoms with Crippen LogP contribution in [0.2, 0.25) is 0 Å². The quantitative estimate of drug-likeness (QED) is 0.870. The lowest BCUT2D eigenvalue weighted by Crippen LogP contribution is -2.49. The van der Waals surface area contributed by atoms with Crippen LogP contribution in [-0.2, 0) is 4.79 Å².